The maximum absolute atomic E-state index is 13.7. The third-order valence-electron chi connectivity index (χ3n) is 3.72. The van der Waals surface area contributed by atoms with Gasteiger partial charge in [-0.05, 0) is 40.1 Å². The quantitative estimate of drug-likeness (QED) is 0.547. The zero-order valence-corrected chi connectivity index (χ0v) is 12.5. The van der Waals surface area contributed by atoms with Gasteiger partial charge in [-0.1, -0.05) is 0 Å². The summed E-state index contributed by atoms with van der Waals surface area (Å²) in [6.45, 7) is 0. The van der Waals surface area contributed by atoms with Crippen LogP contribution in [0.4, 0.5) is 8.78 Å². The molecule has 3 heterocycles. The highest BCUT2D eigenvalue weighted by atomic mass is 32.1. The zero-order valence-electron chi connectivity index (χ0n) is 11.7. The van der Waals surface area contributed by atoms with Crippen molar-refractivity contribution < 1.29 is 13.9 Å². The van der Waals surface area contributed by atoms with E-state index < -0.39 is 17.4 Å². The Hall–Kier alpha value is -2.73. The van der Waals surface area contributed by atoms with Crippen molar-refractivity contribution in [3.8, 4) is 28.0 Å². The molecule has 0 aliphatic heterocycles. The first-order chi connectivity index (χ1) is 11.1. The molecule has 0 aliphatic rings. The predicted octanol–water partition coefficient (Wildman–Crippen LogP) is 4.94. The minimum atomic E-state index is -0.990. The lowest BCUT2D eigenvalue weighted by Crippen LogP contribution is -1.87. The van der Waals surface area contributed by atoms with E-state index in [0.717, 1.165) is 17.2 Å². The normalized spacial score (nSPS) is 11.2. The number of aromatic hydroxyl groups is 1. The summed E-state index contributed by atoms with van der Waals surface area (Å²) < 4.78 is 27.3. The summed E-state index contributed by atoms with van der Waals surface area (Å²) in [4.78, 5) is 7.24. The minimum absolute atomic E-state index is 0.0956. The Labute approximate surface area is 133 Å². The molecule has 0 saturated heterocycles. The number of pyridine rings is 1. The van der Waals surface area contributed by atoms with Gasteiger partial charge in [0, 0.05) is 35.0 Å². The van der Waals surface area contributed by atoms with Crippen LogP contribution in [0.15, 0.2) is 47.4 Å². The Kier molecular flexibility index (Phi) is 3.12. The summed E-state index contributed by atoms with van der Waals surface area (Å²) in [6.07, 6.45) is 3.27. The number of phenols is 1. The van der Waals surface area contributed by atoms with Crippen LogP contribution in [0.3, 0.4) is 0 Å². The molecule has 2 N–H and O–H groups in total. The number of H-pyrrole nitrogens is 1. The topological polar surface area (TPSA) is 48.9 Å². The maximum Gasteiger partial charge on any atom is 0.168 e. The number of halogens is 2. The molecule has 1 aromatic carbocycles. The van der Waals surface area contributed by atoms with Crippen molar-refractivity contribution >= 4 is 22.4 Å². The van der Waals surface area contributed by atoms with Crippen molar-refractivity contribution in [2.24, 2.45) is 0 Å². The van der Waals surface area contributed by atoms with Crippen LogP contribution < -0.4 is 0 Å². The molecule has 0 atom stereocenters. The van der Waals surface area contributed by atoms with Gasteiger partial charge in [0.25, 0.3) is 0 Å². The van der Waals surface area contributed by atoms with Gasteiger partial charge in [-0.25, -0.2) is 13.8 Å². The molecule has 0 amide bonds. The van der Waals surface area contributed by atoms with Crippen LogP contribution in [0.1, 0.15) is 0 Å². The Morgan fingerprint density at radius 3 is 2.74 bits per heavy atom. The molecule has 6 heteroatoms. The molecule has 0 bridgehead atoms. The van der Waals surface area contributed by atoms with E-state index in [4.69, 9.17) is 0 Å². The van der Waals surface area contributed by atoms with Gasteiger partial charge in [-0.2, -0.15) is 11.3 Å². The smallest absolute Gasteiger partial charge is 0.168 e. The van der Waals surface area contributed by atoms with Crippen LogP contribution >= 0.6 is 11.3 Å². The Balaban J connectivity index is 2.07. The lowest BCUT2D eigenvalue weighted by Gasteiger charge is -2.07. The van der Waals surface area contributed by atoms with Crippen molar-refractivity contribution in [1.82, 2.24) is 9.97 Å². The Morgan fingerprint density at radius 2 is 1.96 bits per heavy atom. The van der Waals surface area contributed by atoms with E-state index >= 15 is 0 Å². The number of nitrogens with one attached hydrogen (secondary N) is 1. The third-order valence-corrected chi connectivity index (χ3v) is 4.41. The van der Waals surface area contributed by atoms with Gasteiger partial charge in [0.2, 0.25) is 0 Å². The van der Waals surface area contributed by atoms with E-state index in [1.165, 1.54) is 0 Å². The van der Waals surface area contributed by atoms with Crippen LogP contribution in [-0.2, 0) is 0 Å². The fourth-order valence-corrected chi connectivity index (χ4v) is 3.35. The van der Waals surface area contributed by atoms with E-state index in [0.29, 0.717) is 22.7 Å². The van der Waals surface area contributed by atoms with Crippen molar-refractivity contribution in [2.45, 2.75) is 0 Å². The van der Waals surface area contributed by atoms with Gasteiger partial charge < -0.3 is 10.1 Å². The number of aromatic amines is 1. The summed E-state index contributed by atoms with van der Waals surface area (Å²) in [5, 5.41) is 14.7. The molecule has 0 radical (unpaired) electrons. The Morgan fingerprint density at radius 1 is 1.09 bits per heavy atom. The van der Waals surface area contributed by atoms with Gasteiger partial charge in [-0.3, -0.25) is 0 Å². The lowest BCUT2D eigenvalue weighted by molar-refractivity contribution is 0.430. The second-order valence-electron chi connectivity index (χ2n) is 5.08. The van der Waals surface area contributed by atoms with Gasteiger partial charge in [-0.15, -0.1) is 0 Å². The summed E-state index contributed by atoms with van der Waals surface area (Å²) in [5.41, 5.74) is 3.06. The lowest BCUT2D eigenvalue weighted by atomic mass is 9.98. The number of hydrogen-bond donors (Lipinski definition) is 2. The van der Waals surface area contributed by atoms with E-state index in [9.17, 15) is 13.9 Å². The highest BCUT2D eigenvalue weighted by Gasteiger charge is 2.18. The fraction of sp³-hybridized carbons (Fsp3) is 0. The van der Waals surface area contributed by atoms with Crippen molar-refractivity contribution in [3.63, 3.8) is 0 Å². The highest BCUT2D eigenvalue weighted by molar-refractivity contribution is 7.08. The number of nitrogens with zero attached hydrogens (tertiary/aromatic N) is 1. The van der Waals surface area contributed by atoms with E-state index in [2.05, 4.69) is 9.97 Å². The number of hydrogen-bond acceptors (Lipinski definition) is 3. The molecule has 0 spiro atoms. The molecule has 3 aromatic heterocycles. The molecule has 0 unspecified atom stereocenters. The predicted molar refractivity (Wildman–Crippen MR) is 86.4 cm³/mol. The first kappa shape index (κ1) is 13.9. The zero-order chi connectivity index (χ0) is 16.0. The highest BCUT2D eigenvalue weighted by Crippen LogP contribution is 2.40. The molecule has 3 nitrogen and oxygen atoms in total. The first-order valence-corrected chi connectivity index (χ1v) is 7.76. The van der Waals surface area contributed by atoms with Crippen molar-refractivity contribution in [1.29, 1.82) is 0 Å². The average molecular weight is 328 g/mol. The van der Waals surface area contributed by atoms with Gasteiger partial charge >= 0.3 is 0 Å². The monoisotopic (exact) mass is 328 g/mol. The Bertz CT molecular complexity index is 1010. The van der Waals surface area contributed by atoms with Gasteiger partial charge in [0.15, 0.2) is 11.6 Å². The second kappa shape index (κ2) is 5.17. The molecular weight excluding hydrogens is 318 g/mol. The van der Waals surface area contributed by atoms with E-state index in [1.807, 2.05) is 22.9 Å². The van der Waals surface area contributed by atoms with Crippen LogP contribution in [0, 0.1) is 11.6 Å². The summed E-state index contributed by atoms with van der Waals surface area (Å²) >= 11 is 1.56. The minimum Gasteiger partial charge on any atom is -0.504 e. The number of benzene rings is 1. The molecule has 4 rings (SSSR count). The summed E-state index contributed by atoms with van der Waals surface area (Å²) in [5.74, 6) is -2.31. The molecule has 0 fully saturated rings. The van der Waals surface area contributed by atoms with Crippen molar-refractivity contribution in [2.75, 3.05) is 0 Å². The number of rotatable bonds is 2. The van der Waals surface area contributed by atoms with Crippen LogP contribution in [-0.4, -0.2) is 15.1 Å². The van der Waals surface area contributed by atoms with E-state index in [1.54, 1.807) is 23.7 Å². The average Bonchev–Trinajstić information content (AvgIpc) is 3.20. The number of fused-ring (bicyclic) bond motifs is 1. The van der Waals surface area contributed by atoms with Crippen molar-refractivity contribution in [3.05, 3.63) is 59.1 Å². The largest absolute Gasteiger partial charge is 0.504 e. The van der Waals surface area contributed by atoms with Gasteiger partial charge in [0.1, 0.15) is 11.5 Å². The van der Waals surface area contributed by atoms with Crippen LogP contribution in [0.2, 0.25) is 0 Å². The molecule has 4 aromatic rings. The molecular formula is C17H10F2N2OS. The number of phenolic OH excluding ortho intramolecular Hbond substituents is 1. The summed E-state index contributed by atoms with van der Waals surface area (Å²) in [7, 11) is 0. The molecule has 23 heavy (non-hydrogen) atoms. The van der Waals surface area contributed by atoms with E-state index in [-0.39, 0.29) is 5.56 Å². The van der Waals surface area contributed by atoms with Crippen LogP contribution in [0.5, 0.6) is 5.75 Å². The molecule has 0 aliphatic carbocycles. The first-order valence-electron chi connectivity index (χ1n) is 6.82. The SMILES string of the molecule is Oc1c(F)cc(F)cc1-c1c[nH]c2nccc(-c3ccsc3)c12. The second-order valence-corrected chi connectivity index (χ2v) is 5.86. The standard InChI is InChI=1S/C17H10F2N2OS/c18-10-5-12(16(22)14(19)6-10)13-7-21-17-15(13)11(1-3-20-17)9-2-4-23-8-9/h1-8,22H,(H,20,21). The fourth-order valence-electron chi connectivity index (χ4n) is 2.70. The van der Waals surface area contributed by atoms with Crippen LogP contribution in [0.25, 0.3) is 33.3 Å². The number of thiophene rings is 1. The molecule has 114 valence electrons. The summed E-state index contributed by atoms with van der Waals surface area (Å²) in [6, 6.07) is 5.58. The maximum atomic E-state index is 13.7. The van der Waals surface area contributed by atoms with Gasteiger partial charge in [0.05, 0.1) is 0 Å². The third kappa shape index (κ3) is 2.19. The number of aromatic nitrogens is 2. The molecule has 0 saturated carbocycles.